The number of fused-ring (bicyclic) bond motifs is 1. The van der Waals surface area contributed by atoms with Crippen molar-refractivity contribution in [3.8, 4) is 11.3 Å². The molecule has 2 heterocycles. The van der Waals surface area contributed by atoms with E-state index in [1.54, 1.807) is 11.0 Å². The van der Waals surface area contributed by atoms with E-state index in [1.165, 1.54) is 11.3 Å². The van der Waals surface area contributed by atoms with Crippen LogP contribution in [0.1, 0.15) is 16.1 Å². The van der Waals surface area contributed by atoms with Gasteiger partial charge in [0.1, 0.15) is 0 Å². The van der Waals surface area contributed by atoms with Crippen molar-refractivity contribution < 1.29 is 9.32 Å². The van der Waals surface area contributed by atoms with E-state index in [9.17, 15) is 4.79 Å². The van der Waals surface area contributed by atoms with Gasteiger partial charge in [0.2, 0.25) is 0 Å². The molecule has 0 radical (unpaired) electrons. The number of para-hydroxylation sites is 1. The molecule has 2 aromatic heterocycles. The number of amides is 1. The minimum Gasteiger partial charge on any atom is -0.355 e. The standard InChI is InChI=1S/C24H17N3O2S/c28-23(20-15-21(29-26-20)18-11-5-2-6-12-18)27(16-17-9-3-1-4-10-17)24-25-19-13-7-8-14-22(19)30-24/h1-15H,16H2. The van der Waals surface area contributed by atoms with Gasteiger partial charge in [-0.1, -0.05) is 89.3 Å². The number of thiazole rings is 1. The molecule has 1 amide bonds. The molecule has 0 atom stereocenters. The molecule has 146 valence electrons. The third-order valence-electron chi connectivity index (χ3n) is 4.73. The highest BCUT2D eigenvalue weighted by molar-refractivity contribution is 7.22. The molecule has 0 saturated heterocycles. The molecule has 0 fully saturated rings. The molecule has 5 nitrogen and oxygen atoms in total. The summed E-state index contributed by atoms with van der Waals surface area (Å²) in [5.74, 6) is 0.312. The van der Waals surface area contributed by atoms with E-state index in [0.29, 0.717) is 17.4 Å². The minimum absolute atomic E-state index is 0.246. The molecule has 5 rings (SSSR count). The molecule has 0 aliphatic carbocycles. The zero-order valence-corrected chi connectivity index (χ0v) is 16.8. The van der Waals surface area contributed by atoms with Crippen LogP contribution >= 0.6 is 11.3 Å². The quantitative estimate of drug-likeness (QED) is 0.367. The van der Waals surface area contributed by atoms with Crippen LogP contribution in [0.3, 0.4) is 0 Å². The molecule has 5 aromatic rings. The maximum absolute atomic E-state index is 13.4. The minimum atomic E-state index is -0.246. The summed E-state index contributed by atoms with van der Waals surface area (Å²) in [6, 6.07) is 29.0. The summed E-state index contributed by atoms with van der Waals surface area (Å²) < 4.78 is 6.48. The third kappa shape index (κ3) is 3.60. The molecule has 0 N–H and O–H groups in total. The van der Waals surface area contributed by atoms with Crippen molar-refractivity contribution in [2.75, 3.05) is 4.90 Å². The molecule has 3 aromatic carbocycles. The number of rotatable bonds is 5. The Labute approximate surface area is 177 Å². The third-order valence-corrected chi connectivity index (χ3v) is 5.79. The Hall–Kier alpha value is -3.77. The average Bonchev–Trinajstić information content (AvgIpc) is 3.46. The average molecular weight is 411 g/mol. The van der Waals surface area contributed by atoms with Crippen molar-refractivity contribution in [2.45, 2.75) is 6.54 Å². The largest absolute Gasteiger partial charge is 0.355 e. The highest BCUT2D eigenvalue weighted by Gasteiger charge is 2.25. The number of anilines is 1. The first-order valence-corrected chi connectivity index (χ1v) is 10.3. The first-order chi connectivity index (χ1) is 14.8. The van der Waals surface area contributed by atoms with Crippen molar-refractivity contribution in [1.82, 2.24) is 10.1 Å². The molecular formula is C24H17N3O2S. The number of carbonyl (C=O) groups excluding carboxylic acids is 1. The van der Waals surface area contributed by atoms with E-state index in [4.69, 9.17) is 4.52 Å². The Morgan fingerprint density at radius 3 is 2.37 bits per heavy atom. The van der Waals surface area contributed by atoms with E-state index >= 15 is 0 Å². The lowest BCUT2D eigenvalue weighted by molar-refractivity contribution is 0.0976. The molecule has 0 saturated carbocycles. The van der Waals surface area contributed by atoms with Crippen LogP contribution in [0.15, 0.2) is 95.5 Å². The number of aromatic nitrogens is 2. The molecule has 0 aliphatic heterocycles. The maximum atomic E-state index is 13.4. The molecule has 0 spiro atoms. The summed E-state index contributed by atoms with van der Waals surface area (Å²) in [6.07, 6.45) is 0. The van der Waals surface area contributed by atoms with Gasteiger partial charge < -0.3 is 4.52 Å². The molecule has 0 unspecified atom stereocenters. The molecule has 0 aliphatic rings. The van der Waals surface area contributed by atoms with Crippen LogP contribution < -0.4 is 4.90 Å². The number of benzene rings is 3. The second-order valence-electron chi connectivity index (χ2n) is 6.78. The summed E-state index contributed by atoms with van der Waals surface area (Å²) >= 11 is 1.49. The van der Waals surface area contributed by atoms with Crippen LogP contribution in [0.25, 0.3) is 21.5 Å². The Morgan fingerprint density at radius 2 is 1.60 bits per heavy atom. The van der Waals surface area contributed by atoms with Crippen LogP contribution in [-0.4, -0.2) is 16.0 Å². The summed E-state index contributed by atoms with van der Waals surface area (Å²) in [7, 11) is 0. The van der Waals surface area contributed by atoms with Crippen LogP contribution in [0.5, 0.6) is 0 Å². The number of nitrogens with zero attached hydrogens (tertiary/aromatic N) is 3. The number of hydrogen-bond acceptors (Lipinski definition) is 5. The second-order valence-corrected chi connectivity index (χ2v) is 7.79. The Kier molecular flexibility index (Phi) is 4.83. The van der Waals surface area contributed by atoms with Crippen molar-refractivity contribution in [3.63, 3.8) is 0 Å². The second kappa shape index (κ2) is 7.93. The van der Waals surface area contributed by atoms with Gasteiger partial charge in [0, 0.05) is 11.6 Å². The topological polar surface area (TPSA) is 59.2 Å². The predicted molar refractivity (Wildman–Crippen MR) is 119 cm³/mol. The Balaban J connectivity index is 1.52. The SMILES string of the molecule is O=C(c1cc(-c2ccccc2)on1)N(Cc1ccccc1)c1nc2ccccc2s1. The van der Waals surface area contributed by atoms with Gasteiger partial charge in [0.25, 0.3) is 5.91 Å². The maximum Gasteiger partial charge on any atom is 0.282 e. The van der Waals surface area contributed by atoms with Gasteiger partial charge in [-0.25, -0.2) is 4.98 Å². The fraction of sp³-hybridized carbons (Fsp3) is 0.0417. The molecule has 6 heteroatoms. The van der Waals surface area contributed by atoms with Gasteiger partial charge in [-0.05, 0) is 17.7 Å². The first kappa shape index (κ1) is 18.3. The highest BCUT2D eigenvalue weighted by Crippen LogP contribution is 2.31. The summed E-state index contributed by atoms with van der Waals surface area (Å²) in [5.41, 5.74) is 3.01. The van der Waals surface area contributed by atoms with E-state index in [2.05, 4.69) is 10.1 Å². The van der Waals surface area contributed by atoms with Gasteiger partial charge in [0.05, 0.1) is 16.8 Å². The molecular weight excluding hydrogens is 394 g/mol. The van der Waals surface area contributed by atoms with E-state index < -0.39 is 0 Å². The van der Waals surface area contributed by atoms with E-state index in [0.717, 1.165) is 21.3 Å². The Morgan fingerprint density at radius 1 is 0.900 bits per heavy atom. The lowest BCUT2D eigenvalue weighted by Crippen LogP contribution is -2.30. The van der Waals surface area contributed by atoms with Crippen LogP contribution in [0.2, 0.25) is 0 Å². The normalized spacial score (nSPS) is 10.9. The highest BCUT2D eigenvalue weighted by atomic mass is 32.1. The number of hydrogen-bond donors (Lipinski definition) is 0. The summed E-state index contributed by atoms with van der Waals surface area (Å²) in [6.45, 7) is 0.396. The van der Waals surface area contributed by atoms with Gasteiger partial charge >= 0.3 is 0 Å². The first-order valence-electron chi connectivity index (χ1n) is 9.51. The van der Waals surface area contributed by atoms with Gasteiger partial charge in [-0.15, -0.1) is 0 Å². The van der Waals surface area contributed by atoms with Crippen molar-refractivity contribution >= 4 is 32.6 Å². The molecule has 30 heavy (non-hydrogen) atoms. The van der Waals surface area contributed by atoms with Crippen LogP contribution in [0.4, 0.5) is 5.13 Å². The van der Waals surface area contributed by atoms with E-state index in [1.807, 2.05) is 84.9 Å². The van der Waals surface area contributed by atoms with Crippen molar-refractivity contribution in [2.24, 2.45) is 0 Å². The summed E-state index contributed by atoms with van der Waals surface area (Å²) in [4.78, 5) is 19.8. The predicted octanol–water partition coefficient (Wildman–Crippen LogP) is 5.80. The Bertz CT molecular complexity index is 1260. The fourth-order valence-electron chi connectivity index (χ4n) is 3.22. The molecule has 0 bridgehead atoms. The number of carbonyl (C=O) groups is 1. The van der Waals surface area contributed by atoms with Gasteiger partial charge in [-0.2, -0.15) is 0 Å². The summed E-state index contributed by atoms with van der Waals surface area (Å²) in [5, 5.41) is 4.68. The monoisotopic (exact) mass is 411 g/mol. The lowest BCUT2D eigenvalue weighted by Gasteiger charge is -2.18. The van der Waals surface area contributed by atoms with Gasteiger partial charge in [0.15, 0.2) is 16.6 Å². The smallest absolute Gasteiger partial charge is 0.282 e. The lowest BCUT2D eigenvalue weighted by atomic mass is 10.1. The fourth-order valence-corrected chi connectivity index (χ4v) is 4.18. The van der Waals surface area contributed by atoms with Gasteiger partial charge in [-0.3, -0.25) is 9.69 Å². The van der Waals surface area contributed by atoms with Crippen LogP contribution in [0, 0.1) is 0 Å². The zero-order chi connectivity index (χ0) is 20.3. The zero-order valence-electron chi connectivity index (χ0n) is 15.9. The van der Waals surface area contributed by atoms with Crippen molar-refractivity contribution in [1.29, 1.82) is 0 Å². The van der Waals surface area contributed by atoms with E-state index in [-0.39, 0.29) is 11.6 Å². The van der Waals surface area contributed by atoms with Crippen molar-refractivity contribution in [3.05, 3.63) is 102 Å². The van der Waals surface area contributed by atoms with Crippen LogP contribution in [-0.2, 0) is 6.54 Å².